The number of hydrogen-bond acceptors (Lipinski definition) is 5. The summed E-state index contributed by atoms with van der Waals surface area (Å²) in [6.45, 7) is 0. The van der Waals surface area contributed by atoms with Crippen molar-refractivity contribution in [2.24, 2.45) is 0 Å². The number of rotatable bonds is 5. The zero-order chi connectivity index (χ0) is 23.3. The smallest absolute Gasteiger partial charge is 0.269 e. The first-order valence-corrected chi connectivity index (χ1v) is 12.8. The Bertz CT molecular complexity index is 1580. The number of hydrogen-bond donors (Lipinski definition) is 1. The molecule has 1 N–H and O–H groups in total. The highest BCUT2D eigenvalue weighted by atomic mass is 79.9. The molecule has 4 aromatic rings. The van der Waals surface area contributed by atoms with E-state index in [1.165, 1.54) is 36.4 Å². The average molecular weight is 563 g/mol. The van der Waals surface area contributed by atoms with Crippen LogP contribution >= 0.6 is 27.5 Å². The van der Waals surface area contributed by atoms with Crippen LogP contribution in [0.15, 0.2) is 75.1 Å². The number of fused-ring (bicyclic) bond motifs is 1. The number of aromatic nitrogens is 2. The van der Waals surface area contributed by atoms with Gasteiger partial charge < -0.3 is 0 Å². The molecule has 0 bridgehead atoms. The van der Waals surface area contributed by atoms with Crippen molar-refractivity contribution in [1.29, 1.82) is 0 Å². The minimum atomic E-state index is -4.57. The van der Waals surface area contributed by atoms with Gasteiger partial charge in [0, 0.05) is 17.6 Å². The molecule has 0 saturated carbocycles. The highest BCUT2D eigenvalue weighted by Gasteiger charge is 2.28. The molecule has 0 saturated heterocycles. The summed E-state index contributed by atoms with van der Waals surface area (Å²) in [7, 11) is -8.82. The van der Waals surface area contributed by atoms with Crippen LogP contribution in [0.3, 0.4) is 0 Å². The number of benzene rings is 2. The first-order valence-electron chi connectivity index (χ1n) is 8.66. The van der Waals surface area contributed by atoms with Crippen molar-refractivity contribution in [2.75, 3.05) is 4.72 Å². The van der Waals surface area contributed by atoms with Crippen molar-refractivity contribution in [3.8, 4) is 0 Å². The van der Waals surface area contributed by atoms with Gasteiger partial charge in [0.25, 0.3) is 20.0 Å². The molecule has 32 heavy (non-hydrogen) atoms. The molecule has 7 nitrogen and oxygen atoms in total. The Morgan fingerprint density at radius 1 is 0.969 bits per heavy atom. The van der Waals surface area contributed by atoms with Gasteiger partial charge in [-0.25, -0.2) is 34.6 Å². The summed E-state index contributed by atoms with van der Waals surface area (Å²) >= 11 is 8.72. The number of anilines is 1. The molecule has 2 aromatic carbocycles. The summed E-state index contributed by atoms with van der Waals surface area (Å²) in [5, 5.41) is -0.155. The molecular formula is C19H11BrClF2N3O4S2. The van der Waals surface area contributed by atoms with E-state index in [-0.39, 0.29) is 25.6 Å². The molecule has 166 valence electrons. The van der Waals surface area contributed by atoms with Crippen LogP contribution in [0.5, 0.6) is 0 Å². The lowest BCUT2D eigenvalue weighted by molar-refractivity contribution is 0.588. The van der Waals surface area contributed by atoms with Crippen LogP contribution in [0.25, 0.3) is 11.0 Å². The number of halogens is 4. The Balaban J connectivity index is 1.92. The van der Waals surface area contributed by atoms with Crippen molar-refractivity contribution in [3.05, 3.63) is 82.1 Å². The highest BCUT2D eigenvalue weighted by Crippen LogP contribution is 2.31. The van der Waals surface area contributed by atoms with Crippen molar-refractivity contribution < 1.29 is 25.6 Å². The van der Waals surface area contributed by atoms with Gasteiger partial charge in [-0.15, -0.1) is 0 Å². The SMILES string of the molecule is O=S(=O)(Nc1cc(F)c(Br)cc1F)c1cn(S(=O)(=O)c2ccccc2)c2nc(Cl)ccc12. The maximum Gasteiger partial charge on any atom is 0.269 e. The van der Waals surface area contributed by atoms with Gasteiger partial charge in [-0.1, -0.05) is 29.8 Å². The summed E-state index contributed by atoms with van der Waals surface area (Å²) in [4.78, 5) is 3.34. The summed E-state index contributed by atoms with van der Waals surface area (Å²) in [6, 6.07) is 11.3. The van der Waals surface area contributed by atoms with Crippen molar-refractivity contribution in [3.63, 3.8) is 0 Å². The van der Waals surface area contributed by atoms with E-state index in [0.29, 0.717) is 10.0 Å². The standard InChI is InChI=1S/C19H11BrClF2N3O4S2/c20-13-8-15(23)16(9-14(13)22)25-31(27,28)17-10-26(19-12(17)6-7-18(21)24-19)32(29,30)11-4-2-1-3-5-11/h1-10,25H. The minimum Gasteiger partial charge on any atom is -0.276 e. The van der Waals surface area contributed by atoms with Gasteiger partial charge in [-0.05, 0) is 46.3 Å². The second kappa shape index (κ2) is 8.10. The van der Waals surface area contributed by atoms with Crippen LogP contribution in [0, 0.1) is 11.6 Å². The van der Waals surface area contributed by atoms with E-state index in [9.17, 15) is 25.6 Å². The molecule has 0 radical (unpaired) electrons. The largest absolute Gasteiger partial charge is 0.276 e. The van der Waals surface area contributed by atoms with Gasteiger partial charge in [0.2, 0.25) is 0 Å². The summed E-state index contributed by atoms with van der Waals surface area (Å²) < 4.78 is 82.8. The lowest BCUT2D eigenvalue weighted by Gasteiger charge is -2.09. The molecule has 0 fully saturated rings. The van der Waals surface area contributed by atoms with Crippen LogP contribution in [0.2, 0.25) is 5.15 Å². The third-order valence-electron chi connectivity index (χ3n) is 4.39. The fraction of sp³-hybridized carbons (Fsp3) is 0. The van der Waals surface area contributed by atoms with Crippen molar-refractivity contribution in [2.45, 2.75) is 9.79 Å². The Labute approximate surface area is 194 Å². The van der Waals surface area contributed by atoms with E-state index in [1.807, 2.05) is 4.72 Å². The molecular weight excluding hydrogens is 552 g/mol. The predicted molar refractivity (Wildman–Crippen MR) is 119 cm³/mol. The molecule has 0 atom stereocenters. The molecule has 0 amide bonds. The Kier molecular flexibility index (Phi) is 5.74. The third kappa shape index (κ3) is 3.98. The third-order valence-corrected chi connectivity index (χ3v) is 8.27. The van der Waals surface area contributed by atoms with Crippen LogP contribution in [0.4, 0.5) is 14.5 Å². The van der Waals surface area contributed by atoms with Crippen LogP contribution < -0.4 is 4.72 Å². The molecule has 0 aliphatic rings. The van der Waals surface area contributed by atoms with Crippen LogP contribution in [-0.4, -0.2) is 25.8 Å². The van der Waals surface area contributed by atoms with Gasteiger partial charge in [0.05, 0.1) is 15.1 Å². The van der Waals surface area contributed by atoms with Crippen LogP contribution in [0.1, 0.15) is 0 Å². The molecule has 0 aliphatic heterocycles. The van der Waals surface area contributed by atoms with Crippen molar-refractivity contribution in [1.82, 2.24) is 8.96 Å². The van der Waals surface area contributed by atoms with Gasteiger partial charge >= 0.3 is 0 Å². The lowest BCUT2D eigenvalue weighted by atomic mass is 10.3. The minimum absolute atomic E-state index is 0.0713. The fourth-order valence-corrected chi connectivity index (χ4v) is 6.04. The Morgan fingerprint density at radius 2 is 1.66 bits per heavy atom. The first-order chi connectivity index (χ1) is 15.0. The molecule has 13 heteroatoms. The van der Waals surface area contributed by atoms with Crippen LogP contribution in [-0.2, 0) is 20.0 Å². The number of nitrogens with zero attached hydrogens (tertiary/aromatic N) is 2. The normalized spacial score (nSPS) is 12.2. The summed E-state index contributed by atoms with van der Waals surface area (Å²) in [5.74, 6) is -1.93. The first kappa shape index (κ1) is 22.6. The van der Waals surface area contributed by atoms with E-state index in [0.717, 1.165) is 12.3 Å². The maximum absolute atomic E-state index is 14.2. The molecule has 0 spiro atoms. The van der Waals surface area contributed by atoms with E-state index in [1.54, 1.807) is 6.07 Å². The second-order valence-corrected chi connectivity index (χ2v) is 11.2. The zero-order valence-corrected chi connectivity index (χ0v) is 19.6. The molecule has 0 unspecified atom stereocenters. The molecule has 2 heterocycles. The van der Waals surface area contributed by atoms with Gasteiger partial charge in [0.1, 0.15) is 21.7 Å². The topological polar surface area (TPSA) is 98.1 Å². The van der Waals surface area contributed by atoms with E-state index in [4.69, 9.17) is 11.6 Å². The van der Waals surface area contributed by atoms with E-state index >= 15 is 0 Å². The summed E-state index contributed by atoms with van der Waals surface area (Å²) in [6.07, 6.45) is 0.839. The number of pyridine rings is 1. The predicted octanol–water partition coefficient (Wildman–Crippen LogP) is 4.77. The number of nitrogens with one attached hydrogen (secondary N) is 1. The maximum atomic E-state index is 14.2. The monoisotopic (exact) mass is 561 g/mol. The number of sulfonamides is 1. The molecule has 4 rings (SSSR count). The average Bonchev–Trinajstić information content (AvgIpc) is 3.13. The van der Waals surface area contributed by atoms with E-state index in [2.05, 4.69) is 20.9 Å². The highest BCUT2D eigenvalue weighted by molar-refractivity contribution is 9.10. The van der Waals surface area contributed by atoms with Gasteiger partial charge in [0.15, 0.2) is 5.65 Å². The molecule has 2 aromatic heterocycles. The lowest BCUT2D eigenvalue weighted by Crippen LogP contribution is -2.15. The quantitative estimate of drug-likeness (QED) is 0.279. The Hall–Kier alpha value is -2.54. The second-order valence-electron chi connectivity index (χ2n) is 6.46. The van der Waals surface area contributed by atoms with Crippen molar-refractivity contribution >= 4 is 64.3 Å². The zero-order valence-electron chi connectivity index (χ0n) is 15.6. The summed E-state index contributed by atoms with van der Waals surface area (Å²) in [5.41, 5.74) is -0.899. The van der Waals surface area contributed by atoms with E-state index < -0.39 is 42.3 Å². The van der Waals surface area contributed by atoms with Gasteiger partial charge in [-0.3, -0.25) is 4.72 Å². The van der Waals surface area contributed by atoms with Gasteiger partial charge in [-0.2, -0.15) is 0 Å². The molecule has 0 aliphatic carbocycles. The fourth-order valence-electron chi connectivity index (χ4n) is 2.93. The Morgan fingerprint density at radius 3 is 2.34 bits per heavy atom.